The van der Waals surface area contributed by atoms with Crippen molar-refractivity contribution in [3.8, 4) is 17.5 Å². The largest absolute Gasteiger partial charge is 0.381 e. The fourth-order valence-corrected chi connectivity index (χ4v) is 5.30. The molecule has 1 N–H and O–H groups in total. The predicted molar refractivity (Wildman–Crippen MR) is 117 cm³/mol. The van der Waals surface area contributed by atoms with Crippen LogP contribution >= 0.6 is 11.3 Å². The van der Waals surface area contributed by atoms with Gasteiger partial charge in [0.25, 0.3) is 0 Å². The maximum absolute atomic E-state index is 3.85. The molecule has 1 saturated carbocycles. The van der Waals surface area contributed by atoms with Gasteiger partial charge in [-0.25, -0.2) is 0 Å². The quantitative estimate of drug-likeness (QED) is 0.619. The van der Waals surface area contributed by atoms with Crippen molar-refractivity contribution in [3.05, 3.63) is 47.6 Å². The first kappa shape index (κ1) is 18.2. The molecule has 3 aromatic rings. The van der Waals surface area contributed by atoms with Crippen molar-refractivity contribution in [2.75, 3.05) is 19.4 Å². The number of hydrogen-bond donors (Lipinski definition) is 1. The summed E-state index contributed by atoms with van der Waals surface area (Å²) in [4.78, 5) is 3.50. The van der Waals surface area contributed by atoms with Crippen molar-refractivity contribution in [1.82, 2.24) is 9.47 Å². The van der Waals surface area contributed by atoms with Crippen LogP contribution in [0.3, 0.4) is 0 Å². The molecule has 1 fully saturated rings. The van der Waals surface area contributed by atoms with Crippen LogP contribution in [0.1, 0.15) is 37.5 Å². The van der Waals surface area contributed by atoms with Crippen LogP contribution in [0.2, 0.25) is 0 Å². The van der Waals surface area contributed by atoms with Gasteiger partial charge in [-0.3, -0.25) is 0 Å². The number of fused-ring (bicyclic) bond motifs is 1. The lowest BCUT2D eigenvalue weighted by molar-refractivity contribution is 0.221. The lowest BCUT2D eigenvalue weighted by Crippen LogP contribution is -2.36. The van der Waals surface area contributed by atoms with Crippen LogP contribution in [-0.4, -0.2) is 35.6 Å². The number of anilines is 1. The fourth-order valence-electron chi connectivity index (χ4n) is 4.11. The van der Waals surface area contributed by atoms with E-state index in [-0.39, 0.29) is 0 Å². The Labute approximate surface area is 166 Å². The number of hydrogen-bond acceptors (Lipinski definition) is 3. The van der Waals surface area contributed by atoms with Crippen LogP contribution < -0.4 is 5.32 Å². The zero-order valence-electron chi connectivity index (χ0n) is 16.3. The summed E-state index contributed by atoms with van der Waals surface area (Å²) in [5, 5.41) is 5.12. The molecule has 0 radical (unpaired) electrons. The van der Waals surface area contributed by atoms with Crippen molar-refractivity contribution in [1.29, 1.82) is 0 Å². The van der Waals surface area contributed by atoms with Crippen LogP contribution in [-0.2, 0) is 0 Å². The number of rotatable bonds is 4. The first-order valence-corrected chi connectivity index (χ1v) is 10.5. The first-order chi connectivity index (χ1) is 13.2. The number of benzene rings is 1. The predicted octanol–water partition coefficient (Wildman–Crippen LogP) is 5.35. The van der Waals surface area contributed by atoms with Crippen molar-refractivity contribution >= 4 is 27.1 Å². The third-order valence-electron chi connectivity index (χ3n) is 5.58. The van der Waals surface area contributed by atoms with Crippen molar-refractivity contribution in [3.63, 3.8) is 0 Å². The number of aromatic nitrogens is 1. The van der Waals surface area contributed by atoms with Gasteiger partial charge in [-0.2, -0.15) is 0 Å². The lowest BCUT2D eigenvalue weighted by Gasteiger charge is -2.33. The summed E-state index contributed by atoms with van der Waals surface area (Å²) in [5.41, 5.74) is 2.46. The number of nitrogens with zero attached hydrogens (tertiary/aromatic N) is 2. The molecular weight excluding hydrogens is 350 g/mol. The second-order valence-corrected chi connectivity index (χ2v) is 8.56. The van der Waals surface area contributed by atoms with Crippen molar-refractivity contribution < 1.29 is 0 Å². The fraction of sp³-hybridized carbons (Fsp3) is 0.391. The van der Waals surface area contributed by atoms with E-state index in [1.54, 1.807) is 11.3 Å². The Morgan fingerprint density at radius 2 is 1.81 bits per heavy atom. The SMILES string of the molecule is CC#Cc1sc2c(NC3CCC(N(C)C)CC3)cccc2c1-n1cccc1. The Bertz CT molecular complexity index is 964. The van der Waals surface area contributed by atoms with Crippen molar-refractivity contribution in [2.24, 2.45) is 0 Å². The molecule has 140 valence electrons. The highest BCUT2D eigenvalue weighted by Gasteiger charge is 2.23. The minimum absolute atomic E-state index is 0.560. The Morgan fingerprint density at radius 3 is 2.48 bits per heavy atom. The molecule has 0 spiro atoms. The lowest BCUT2D eigenvalue weighted by atomic mass is 9.90. The maximum Gasteiger partial charge on any atom is 0.102 e. The van der Waals surface area contributed by atoms with E-state index in [0.717, 1.165) is 10.9 Å². The van der Waals surface area contributed by atoms with Gasteiger partial charge in [0.2, 0.25) is 0 Å². The van der Waals surface area contributed by atoms with E-state index >= 15 is 0 Å². The third-order valence-corrected chi connectivity index (χ3v) is 6.72. The van der Waals surface area contributed by atoms with Crippen molar-refractivity contribution in [2.45, 2.75) is 44.7 Å². The third kappa shape index (κ3) is 3.63. The number of thiophene rings is 1. The minimum atomic E-state index is 0.560. The molecule has 0 bridgehead atoms. The van der Waals surface area contributed by atoms with E-state index in [9.17, 15) is 0 Å². The molecule has 4 rings (SSSR count). The van der Waals surface area contributed by atoms with Gasteiger partial charge in [0.15, 0.2) is 0 Å². The molecule has 2 aromatic heterocycles. The Morgan fingerprint density at radius 1 is 1.07 bits per heavy atom. The van der Waals surface area contributed by atoms with Gasteiger partial charge in [0.05, 0.1) is 16.1 Å². The van der Waals surface area contributed by atoms with Gasteiger partial charge in [-0.05, 0) is 64.9 Å². The Balaban J connectivity index is 1.67. The molecule has 27 heavy (non-hydrogen) atoms. The second kappa shape index (κ2) is 7.80. The highest BCUT2D eigenvalue weighted by Crippen LogP contribution is 2.39. The Hall–Kier alpha value is -2.22. The molecule has 2 heterocycles. The molecule has 1 aromatic carbocycles. The monoisotopic (exact) mass is 377 g/mol. The van der Waals surface area contributed by atoms with E-state index < -0.39 is 0 Å². The average molecular weight is 378 g/mol. The summed E-state index contributed by atoms with van der Waals surface area (Å²) in [5.74, 6) is 6.40. The molecular formula is C23H27N3S. The molecule has 1 aliphatic rings. The smallest absolute Gasteiger partial charge is 0.102 e. The number of nitrogens with one attached hydrogen (secondary N) is 1. The summed E-state index contributed by atoms with van der Waals surface area (Å²) in [6.45, 7) is 1.91. The molecule has 0 aliphatic heterocycles. The van der Waals surface area contributed by atoms with Gasteiger partial charge in [-0.1, -0.05) is 18.1 Å². The summed E-state index contributed by atoms with van der Waals surface area (Å²) < 4.78 is 3.50. The van der Waals surface area contributed by atoms with Crippen LogP contribution in [0.15, 0.2) is 42.7 Å². The zero-order valence-corrected chi connectivity index (χ0v) is 17.1. The van der Waals surface area contributed by atoms with E-state index in [2.05, 4.69) is 83.4 Å². The van der Waals surface area contributed by atoms with Gasteiger partial charge >= 0.3 is 0 Å². The Kier molecular flexibility index (Phi) is 5.24. The topological polar surface area (TPSA) is 20.2 Å². The van der Waals surface area contributed by atoms with E-state index in [0.29, 0.717) is 6.04 Å². The zero-order chi connectivity index (χ0) is 18.8. The molecule has 0 atom stereocenters. The molecule has 3 nitrogen and oxygen atoms in total. The minimum Gasteiger partial charge on any atom is -0.381 e. The second-order valence-electron chi connectivity index (χ2n) is 7.54. The molecule has 0 saturated heterocycles. The van der Waals surface area contributed by atoms with E-state index in [1.807, 2.05) is 6.92 Å². The van der Waals surface area contributed by atoms with Gasteiger partial charge < -0.3 is 14.8 Å². The average Bonchev–Trinajstić information content (AvgIpc) is 3.30. The summed E-state index contributed by atoms with van der Waals surface area (Å²) in [6, 6.07) is 12.0. The van der Waals surface area contributed by atoms with Crippen LogP contribution in [0.25, 0.3) is 15.8 Å². The van der Waals surface area contributed by atoms with Crippen LogP contribution in [0.4, 0.5) is 5.69 Å². The van der Waals surface area contributed by atoms with Crippen LogP contribution in [0.5, 0.6) is 0 Å². The highest BCUT2D eigenvalue weighted by atomic mass is 32.1. The first-order valence-electron chi connectivity index (χ1n) is 9.72. The molecule has 0 unspecified atom stereocenters. The summed E-state index contributed by atoms with van der Waals surface area (Å²) in [6.07, 6.45) is 9.21. The highest BCUT2D eigenvalue weighted by molar-refractivity contribution is 7.20. The van der Waals surface area contributed by atoms with Crippen LogP contribution in [0, 0.1) is 11.8 Å². The summed E-state index contributed by atoms with van der Waals surface area (Å²) in [7, 11) is 4.40. The van der Waals surface area contributed by atoms with E-state index in [4.69, 9.17) is 0 Å². The van der Waals surface area contributed by atoms with E-state index in [1.165, 1.54) is 47.1 Å². The van der Waals surface area contributed by atoms with Gasteiger partial charge in [0.1, 0.15) is 4.88 Å². The van der Waals surface area contributed by atoms with Gasteiger partial charge in [0, 0.05) is 29.9 Å². The molecule has 1 aliphatic carbocycles. The molecule has 4 heteroatoms. The normalized spacial score (nSPS) is 19.9. The standard InChI is InChI=1S/C23H27N3S/c1-4-8-21-22(26-15-5-6-16-26)19-9-7-10-20(23(19)27-21)24-17-11-13-18(14-12-17)25(2)3/h5-7,9-10,15-18,24H,11-14H2,1-3H3. The van der Waals surface area contributed by atoms with Gasteiger partial charge in [-0.15, -0.1) is 17.3 Å². The molecule has 0 amide bonds. The maximum atomic E-state index is 3.85. The summed E-state index contributed by atoms with van der Waals surface area (Å²) >= 11 is 1.80.